The third-order valence-corrected chi connectivity index (χ3v) is 7.22. The van der Waals surface area contributed by atoms with Crippen LogP contribution in [0.4, 0.5) is 5.69 Å². The number of halogens is 1. The first kappa shape index (κ1) is 20.7. The van der Waals surface area contributed by atoms with Gasteiger partial charge in [-0.1, -0.05) is 52.3 Å². The zero-order chi connectivity index (χ0) is 22.6. The monoisotopic (exact) mass is 492 g/mol. The first-order chi connectivity index (χ1) is 15.3. The van der Waals surface area contributed by atoms with Gasteiger partial charge in [-0.3, -0.25) is 14.5 Å². The molecular formula is C25H21BrN2O4. The largest absolute Gasteiger partial charge is 0.504 e. The number of carbonyl (C=O) groups excluding carboxylic acids is 2. The van der Waals surface area contributed by atoms with Crippen LogP contribution in [0.3, 0.4) is 0 Å². The molecule has 6 nitrogen and oxygen atoms in total. The molecule has 0 radical (unpaired) electrons. The number of hydrogen-bond donors (Lipinski definition) is 3. The number of benzene rings is 3. The Morgan fingerprint density at radius 3 is 2.50 bits per heavy atom. The minimum absolute atomic E-state index is 0.147. The number of rotatable bonds is 3. The number of carbonyl (C=O) groups is 2. The van der Waals surface area contributed by atoms with Crippen LogP contribution in [-0.2, 0) is 10.3 Å². The zero-order valence-electron chi connectivity index (χ0n) is 17.2. The van der Waals surface area contributed by atoms with Crippen molar-refractivity contribution in [2.45, 2.75) is 11.5 Å². The van der Waals surface area contributed by atoms with Crippen molar-refractivity contribution in [1.82, 2.24) is 4.90 Å². The molecule has 162 valence electrons. The van der Waals surface area contributed by atoms with Gasteiger partial charge >= 0.3 is 0 Å². The number of ketones is 1. The van der Waals surface area contributed by atoms with Crippen LogP contribution >= 0.6 is 15.9 Å². The van der Waals surface area contributed by atoms with Gasteiger partial charge in [0.25, 0.3) is 0 Å². The summed E-state index contributed by atoms with van der Waals surface area (Å²) >= 11 is 3.41. The van der Waals surface area contributed by atoms with E-state index in [1.165, 1.54) is 12.1 Å². The second-order valence-corrected chi connectivity index (χ2v) is 9.27. The number of para-hydroxylation sites is 1. The number of nitrogens with one attached hydrogen (secondary N) is 1. The molecule has 2 heterocycles. The van der Waals surface area contributed by atoms with Crippen LogP contribution in [0, 0.1) is 5.92 Å². The summed E-state index contributed by atoms with van der Waals surface area (Å²) in [5.74, 6) is -1.97. The van der Waals surface area contributed by atoms with Gasteiger partial charge < -0.3 is 15.5 Å². The Balaban J connectivity index is 1.73. The summed E-state index contributed by atoms with van der Waals surface area (Å²) in [6, 6.07) is 19.2. The van der Waals surface area contributed by atoms with Gasteiger partial charge in [0.15, 0.2) is 17.3 Å². The second kappa shape index (κ2) is 7.46. The molecular weight excluding hydrogens is 472 g/mol. The van der Waals surface area contributed by atoms with Gasteiger partial charge in [0.2, 0.25) is 5.91 Å². The van der Waals surface area contributed by atoms with Crippen LogP contribution in [0.25, 0.3) is 0 Å². The maximum atomic E-state index is 14.0. The van der Waals surface area contributed by atoms with Gasteiger partial charge in [-0.05, 0) is 42.9 Å². The van der Waals surface area contributed by atoms with Crippen LogP contribution < -0.4 is 5.32 Å². The number of hydrogen-bond acceptors (Lipinski definition) is 5. The number of phenolic OH excluding ortho intramolecular Hbond substituents is 2. The van der Waals surface area contributed by atoms with E-state index in [9.17, 15) is 19.8 Å². The second-order valence-electron chi connectivity index (χ2n) is 8.35. The van der Waals surface area contributed by atoms with E-state index in [2.05, 4.69) is 21.2 Å². The van der Waals surface area contributed by atoms with E-state index in [0.29, 0.717) is 23.4 Å². The Labute approximate surface area is 193 Å². The Hall–Kier alpha value is -3.16. The van der Waals surface area contributed by atoms with Crippen molar-refractivity contribution in [3.63, 3.8) is 0 Å². The molecule has 2 aliphatic heterocycles. The first-order valence-corrected chi connectivity index (χ1v) is 11.1. The molecule has 1 saturated heterocycles. The van der Waals surface area contributed by atoms with E-state index in [1.54, 1.807) is 18.2 Å². The van der Waals surface area contributed by atoms with Crippen LogP contribution in [0.5, 0.6) is 11.5 Å². The van der Waals surface area contributed by atoms with Gasteiger partial charge in [0.1, 0.15) is 5.54 Å². The SMILES string of the molecule is CN1CC(c2ccc(O)c(O)c2)C(C(=O)c2ccc(Br)cc2)C12C(=O)Nc1ccccc12. The highest BCUT2D eigenvalue weighted by Gasteiger charge is 2.64. The van der Waals surface area contributed by atoms with E-state index in [-0.39, 0.29) is 29.1 Å². The molecule has 0 aliphatic carbocycles. The summed E-state index contributed by atoms with van der Waals surface area (Å²) in [6.45, 7) is 0.429. The summed E-state index contributed by atoms with van der Waals surface area (Å²) in [6.07, 6.45) is 0. The van der Waals surface area contributed by atoms with Crippen molar-refractivity contribution >= 4 is 33.3 Å². The molecule has 3 N–H and O–H groups in total. The van der Waals surface area contributed by atoms with E-state index in [4.69, 9.17) is 0 Å². The summed E-state index contributed by atoms with van der Waals surface area (Å²) in [5, 5.41) is 22.9. The van der Waals surface area contributed by atoms with Crippen LogP contribution in [-0.4, -0.2) is 40.4 Å². The molecule has 2 aliphatic rings. The van der Waals surface area contributed by atoms with Crippen molar-refractivity contribution in [2.24, 2.45) is 5.92 Å². The van der Waals surface area contributed by atoms with Gasteiger partial charge in [-0.25, -0.2) is 0 Å². The molecule has 3 atom stereocenters. The number of phenols is 2. The van der Waals surface area contributed by atoms with E-state index >= 15 is 0 Å². The molecule has 3 aromatic rings. The quantitative estimate of drug-likeness (QED) is 0.375. The lowest BCUT2D eigenvalue weighted by Gasteiger charge is -2.35. The predicted octanol–water partition coefficient (Wildman–Crippen LogP) is 4.24. The summed E-state index contributed by atoms with van der Waals surface area (Å²) < 4.78 is 0.858. The Morgan fingerprint density at radius 2 is 1.78 bits per heavy atom. The van der Waals surface area contributed by atoms with E-state index in [1.807, 2.05) is 48.3 Å². The number of fused-ring (bicyclic) bond motifs is 2. The van der Waals surface area contributed by atoms with Crippen LogP contribution in [0.1, 0.15) is 27.4 Å². The topological polar surface area (TPSA) is 89.9 Å². The molecule has 3 unspecified atom stereocenters. The highest BCUT2D eigenvalue weighted by atomic mass is 79.9. The molecule has 3 aromatic carbocycles. The molecule has 0 saturated carbocycles. The lowest BCUT2D eigenvalue weighted by molar-refractivity contribution is -0.126. The lowest BCUT2D eigenvalue weighted by Crippen LogP contribution is -2.51. The Kier molecular flexibility index (Phi) is 4.83. The molecule has 1 fully saturated rings. The number of amides is 1. The number of likely N-dealkylation sites (tertiary alicyclic amines) is 1. The van der Waals surface area contributed by atoms with Gasteiger partial charge in [0.05, 0.1) is 5.92 Å². The number of anilines is 1. The number of nitrogens with zero attached hydrogens (tertiary/aromatic N) is 1. The average Bonchev–Trinajstić information content (AvgIpc) is 3.25. The average molecular weight is 493 g/mol. The van der Waals surface area contributed by atoms with Crippen molar-refractivity contribution in [3.8, 4) is 11.5 Å². The minimum atomic E-state index is -1.18. The first-order valence-electron chi connectivity index (χ1n) is 10.3. The fourth-order valence-corrected chi connectivity index (χ4v) is 5.52. The summed E-state index contributed by atoms with van der Waals surface area (Å²) in [4.78, 5) is 29.5. The molecule has 32 heavy (non-hydrogen) atoms. The number of likely N-dealkylation sites (N-methyl/N-ethyl adjacent to an activating group) is 1. The van der Waals surface area contributed by atoms with Crippen molar-refractivity contribution in [1.29, 1.82) is 0 Å². The van der Waals surface area contributed by atoms with Gasteiger partial charge in [0, 0.05) is 33.7 Å². The minimum Gasteiger partial charge on any atom is -0.504 e. The maximum absolute atomic E-state index is 14.0. The smallest absolute Gasteiger partial charge is 0.250 e. The van der Waals surface area contributed by atoms with Crippen molar-refractivity contribution < 1.29 is 19.8 Å². The van der Waals surface area contributed by atoms with Gasteiger partial charge in [-0.2, -0.15) is 0 Å². The Bertz CT molecular complexity index is 1240. The van der Waals surface area contributed by atoms with E-state index < -0.39 is 11.5 Å². The molecule has 7 heteroatoms. The summed E-state index contributed by atoms with van der Waals surface area (Å²) in [7, 11) is 1.85. The summed E-state index contributed by atoms with van der Waals surface area (Å²) in [5.41, 5.74) is 1.49. The highest BCUT2D eigenvalue weighted by Crippen LogP contribution is 2.55. The standard InChI is InChI=1S/C25H21BrN2O4/c1-28-13-17(15-8-11-20(29)21(30)12-15)22(23(31)14-6-9-16(26)10-7-14)25(28)18-4-2-3-5-19(18)27-24(25)32/h2-12,17,22,29-30H,13H2,1H3,(H,27,32). The third-order valence-electron chi connectivity index (χ3n) is 6.70. The Morgan fingerprint density at radius 1 is 1.06 bits per heavy atom. The fraction of sp³-hybridized carbons (Fsp3) is 0.200. The molecule has 0 aromatic heterocycles. The molecule has 0 bridgehead atoms. The van der Waals surface area contributed by atoms with Crippen molar-refractivity contribution in [2.75, 3.05) is 18.9 Å². The van der Waals surface area contributed by atoms with Crippen LogP contribution in [0.2, 0.25) is 0 Å². The molecule has 1 spiro atoms. The molecule has 1 amide bonds. The zero-order valence-corrected chi connectivity index (χ0v) is 18.8. The van der Waals surface area contributed by atoms with Gasteiger partial charge in [-0.15, -0.1) is 0 Å². The van der Waals surface area contributed by atoms with E-state index in [0.717, 1.165) is 10.0 Å². The lowest BCUT2D eigenvalue weighted by atomic mass is 9.70. The number of aromatic hydroxyl groups is 2. The predicted molar refractivity (Wildman–Crippen MR) is 124 cm³/mol. The van der Waals surface area contributed by atoms with Crippen LogP contribution in [0.15, 0.2) is 71.2 Å². The molecule has 5 rings (SSSR count). The highest BCUT2D eigenvalue weighted by molar-refractivity contribution is 9.10. The maximum Gasteiger partial charge on any atom is 0.250 e. The number of Topliss-reactive ketones (excluding diaryl/α,β-unsaturated/α-hetero) is 1. The van der Waals surface area contributed by atoms with Crippen molar-refractivity contribution in [3.05, 3.63) is 87.9 Å². The normalized spacial score (nSPS) is 24.5. The fourth-order valence-electron chi connectivity index (χ4n) is 5.26. The third kappa shape index (κ3) is 2.88.